The number of halogens is 3. The fourth-order valence-corrected chi connectivity index (χ4v) is 5.48. The Morgan fingerprint density at radius 1 is 1.08 bits per heavy atom. The molecule has 0 aliphatic carbocycles. The SMILES string of the molecule is CC.CC1CN(CCOc2cc(F)c(C3c4[nH]c5ccccc5c4CCN3CC(C)(C)F)c(F)c2)C1. The molecule has 0 saturated carbocycles. The number of hydrogen-bond donors (Lipinski definition) is 1. The number of alkyl halides is 1. The first-order valence-corrected chi connectivity index (χ1v) is 13.1. The van der Waals surface area contributed by atoms with Crippen LogP contribution in [-0.2, 0) is 6.42 Å². The van der Waals surface area contributed by atoms with Crippen LogP contribution < -0.4 is 4.74 Å². The molecule has 2 aromatic carbocycles. The number of aromatic nitrogens is 1. The Labute approximate surface area is 212 Å². The lowest BCUT2D eigenvalue weighted by molar-refractivity contribution is 0.0924. The molecule has 4 nitrogen and oxygen atoms in total. The van der Waals surface area contributed by atoms with Gasteiger partial charge in [-0.2, -0.15) is 0 Å². The van der Waals surface area contributed by atoms with Crippen molar-refractivity contribution < 1.29 is 17.9 Å². The van der Waals surface area contributed by atoms with Gasteiger partial charge in [0.05, 0.1) is 6.04 Å². The molecule has 7 heteroatoms. The van der Waals surface area contributed by atoms with Crippen molar-refractivity contribution >= 4 is 10.9 Å². The average Bonchev–Trinajstić information content (AvgIpc) is 3.18. The van der Waals surface area contributed by atoms with Gasteiger partial charge in [0.1, 0.15) is 29.7 Å². The molecule has 1 atom stereocenters. The minimum atomic E-state index is -1.51. The fraction of sp³-hybridized carbons (Fsp3) is 0.517. The molecule has 1 saturated heterocycles. The molecule has 0 bridgehead atoms. The highest BCUT2D eigenvalue weighted by molar-refractivity contribution is 5.85. The largest absolute Gasteiger partial charge is 0.492 e. The van der Waals surface area contributed by atoms with E-state index in [0.29, 0.717) is 25.5 Å². The highest BCUT2D eigenvalue weighted by Crippen LogP contribution is 2.41. The monoisotopic (exact) mass is 501 g/mol. The second-order valence-electron chi connectivity index (χ2n) is 10.4. The molecule has 36 heavy (non-hydrogen) atoms. The average molecular weight is 502 g/mol. The summed E-state index contributed by atoms with van der Waals surface area (Å²) in [6.07, 6.45) is 0.686. The third-order valence-electron chi connectivity index (χ3n) is 6.86. The van der Waals surface area contributed by atoms with E-state index in [0.717, 1.165) is 41.8 Å². The molecule has 0 amide bonds. The maximum atomic E-state index is 15.5. The van der Waals surface area contributed by atoms with Gasteiger partial charge < -0.3 is 9.72 Å². The van der Waals surface area contributed by atoms with Crippen molar-refractivity contribution in [3.63, 3.8) is 0 Å². The Kier molecular flexibility index (Phi) is 8.00. The van der Waals surface area contributed by atoms with Gasteiger partial charge in [-0.25, -0.2) is 13.2 Å². The normalized spacial score (nSPS) is 18.9. The minimum absolute atomic E-state index is 0.0673. The van der Waals surface area contributed by atoms with Gasteiger partial charge in [0.2, 0.25) is 0 Å². The van der Waals surface area contributed by atoms with E-state index in [-0.39, 0.29) is 17.9 Å². The maximum Gasteiger partial charge on any atom is 0.135 e. The molecule has 3 aromatic rings. The van der Waals surface area contributed by atoms with E-state index in [1.165, 1.54) is 26.0 Å². The van der Waals surface area contributed by atoms with E-state index >= 15 is 8.78 Å². The number of hydrogen-bond acceptors (Lipinski definition) is 3. The first-order chi connectivity index (χ1) is 17.2. The molecule has 1 aromatic heterocycles. The summed E-state index contributed by atoms with van der Waals surface area (Å²) in [6, 6.07) is 9.62. The Bertz CT molecular complexity index is 1160. The van der Waals surface area contributed by atoms with Crippen LogP contribution in [0.2, 0.25) is 0 Å². The van der Waals surface area contributed by atoms with Crippen LogP contribution in [-0.4, -0.2) is 59.8 Å². The summed E-state index contributed by atoms with van der Waals surface area (Å²) in [5.41, 5.74) is 1.11. The molecule has 196 valence electrons. The van der Waals surface area contributed by atoms with Crippen LogP contribution in [0.1, 0.15) is 57.5 Å². The molecular formula is C29H38F3N3O. The molecule has 0 radical (unpaired) electrons. The Morgan fingerprint density at radius 3 is 2.39 bits per heavy atom. The number of ether oxygens (including phenoxy) is 1. The fourth-order valence-electron chi connectivity index (χ4n) is 5.48. The lowest BCUT2D eigenvalue weighted by Gasteiger charge is -2.38. The molecule has 1 fully saturated rings. The second kappa shape index (κ2) is 10.9. The van der Waals surface area contributed by atoms with Gasteiger partial charge in [-0.1, -0.05) is 39.0 Å². The summed E-state index contributed by atoms with van der Waals surface area (Å²) in [5, 5.41) is 1.04. The molecule has 1 unspecified atom stereocenters. The molecule has 1 N–H and O–H groups in total. The molecule has 3 heterocycles. The smallest absolute Gasteiger partial charge is 0.135 e. The van der Waals surface area contributed by atoms with E-state index in [1.807, 2.05) is 43.0 Å². The standard InChI is InChI=1S/C27H32F3N3O.C2H6/c1-17-14-32(15-17)10-11-34-18-12-21(28)24(22(29)13-18)26-25-20(8-9-33(26)16-27(2,3)30)19-6-4-5-7-23(19)31-25;1-2/h4-7,12-13,17,26,31H,8-11,14-16H2,1-3H3;1-2H3. The molecular weight excluding hydrogens is 463 g/mol. The number of nitrogens with one attached hydrogen (secondary N) is 1. The van der Waals surface area contributed by atoms with Crippen molar-refractivity contribution in [1.82, 2.24) is 14.8 Å². The van der Waals surface area contributed by atoms with Gasteiger partial charge in [0, 0.05) is 67.0 Å². The topological polar surface area (TPSA) is 31.5 Å². The van der Waals surface area contributed by atoms with Crippen molar-refractivity contribution in [2.75, 3.05) is 39.3 Å². The quantitative estimate of drug-likeness (QED) is 0.401. The van der Waals surface area contributed by atoms with Crippen LogP contribution in [0.25, 0.3) is 10.9 Å². The number of rotatable bonds is 7. The van der Waals surface area contributed by atoms with Crippen molar-refractivity contribution in [3.8, 4) is 5.75 Å². The Hall–Kier alpha value is -2.51. The van der Waals surface area contributed by atoms with Gasteiger partial charge >= 0.3 is 0 Å². The number of likely N-dealkylation sites (tertiary alicyclic amines) is 1. The van der Waals surface area contributed by atoms with Gasteiger partial charge in [-0.05, 0) is 37.8 Å². The number of benzene rings is 2. The lowest BCUT2D eigenvalue weighted by atomic mass is 9.90. The third kappa shape index (κ3) is 5.57. The number of H-pyrrole nitrogens is 1. The van der Waals surface area contributed by atoms with Crippen LogP contribution in [0.3, 0.4) is 0 Å². The van der Waals surface area contributed by atoms with Crippen LogP contribution in [0.5, 0.6) is 5.75 Å². The number of para-hydroxylation sites is 1. The van der Waals surface area contributed by atoms with E-state index in [2.05, 4.69) is 16.8 Å². The highest BCUT2D eigenvalue weighted by Gasteiger charge is 2.38. The zero-order chi connectivity index (χ0) is 26.0. The summed E-state index contributed by atoms with van der Waals surface area (Å²) in [5.74, 6) is -0.481. The van der Waals surface area contributed by atoms with E-state index in [4.69, 9.17) is 4.74 Å². The van der Waals surface area contributed by atoms with Crippen molar-refractivity contribution in [2.45, 2.75) is 52.8 Å². The van der Waals surface area contributed by atoms with Crippen LogP contribution in [0.4, 0.5) is 13.2 Å². The summed E-state index contributed by atoms with van der Waals surface area (Å²) in [6.45, 7) is 12.9. The highest BCUT2D eigenvalue weighted by atomic mass is 19.1. The molecule has 2 aliphatic heterocycles. The molecule has 5 rings (SSSR count). The number of fused-ring (bicyclic) bond motifs is 3. The van der Waals surface area contributed by atoms with Crippen molar-refractivity contribution in [3.05, 3.63) is 64.9 Å². The molecule has 0 spiro atoms. The maximum absolute atomic E-state index is 15.5. The summed E-state index contributed by atoms with van der Waals surface area (Å²) < 4.78 is 51.4. The summed E-state index contributed by atoms with van der Waals surface area (Å²) >= 11 is 0. The predicted molar refractivity (Wildman–Crippen MR) is 139 cm³/mol. The van der Waals surface area contributed by atoms with E-state index < -0.39 is 23.3 Å². The van der Waals surface area contributed by atoms with Gasteiger partial charge in [-0.15, -0.1) is 0 Å². The Balaban J connectivity index is 0.00000148. The molecule has 2 aliphatic rings. The lowest BCUT2D eigenvalue weighted by Crippen LogP contribution is -2.46. The van der Waals surface area contributed by atoms with Crippen LogP contribution in [0.15, 0.2) is 36.4 Å². The van der Waals surface area contributed by atoms with Gasteiger partial charge in [0.25, 0.3) is 0 Å². The first kappa shape index (κ1) is 26.6. The number of nitrogens with zero attached hydrogens (tertiary/aromatic N) is 2. The second-order valence-corrected chi connectivity index (χ2v) is 10.4. The van der Waals surface area contributed by atoms with Crippen LogP contribution in [0, 0.1) is 17.6 Å². The van der Waals surface area contributed by atoms with Gasteiger partial charge in [-0.3, -0.25) is 9.80 Å². The summed E-state index contributed by atoms with van der Waals surface area (Å²) in [4.78, 5) is 7.47. The zero-order valence-corrected chi connectivity index (χ0v) is 22.0. The third-order valence-corrected chi connectivity index (χ3v) is 6.86. The summed E-state index contributed by atoms with van der Waals surface area (Å²) in [7, 11) is 0. The van der Waals surface area contributed by atoms with E-state index in [1.54, 1.807) is 0 Å². The number of aromatic amines is 1. The predicted octanol–water partition coefficient (Wildman–Crippen LogP) is 6.50. The van der Waals surface area contributed by atoms with E-state index in [9.17, 15) is 4.39 Å². The van der Waals surface area contributed by atoms with Crippen LogP contribution >= 0.6 is 0 Å². The first-order valence-electron chi connectivity index (χ1n) is 13.1. The zero-order valence-electron chi connectivity index (χ0n) is 22.0. The Morgan fingerprint density at radius 2 is 1.75 bits per heavy atom. The van der Waals surface area contributed by atoms with Gasteiger partial charge in [0.15, 0.2) is 0 Å². The van der Waals surface area contributed by atoms with Crippen molar-refractivity contribution in [2.24, 2.45) is 5.92 Å². The van der Waals surface area contributed by atoms with Crippen molar-refractivity contribution in [1.29, 1.82) is 0 Å². The minimum Gasteiger partial charge on any atom is -0.492 e.